The topological polar surface area (TPSA) is 29.5 Å². The molecular weight excluding hydrogens is 389 g/mol. The first kappa shape index (κ1) is 15.3. The van der Waals surface area contributed by atoms with Crippen molar-refractivity contribution < 1.29 is 9.53 Å². The van der Waals surface area contributed by atoms with Gasteiger partial charge in [-0.2, -0.15) is 0 Å². The van der Waals surface area contributed by atoms with Crippen LogP contribution >= 0.6 is 22.6 Å². The molecule has 0 saturated carbocycles. The van der Waals surface area contributed by atoms with Crippen molar-refractivity contribution in [1.29, 1.82) is 0 Å². The molecular formula is C18H18INO2. The van der Waals surface area contributed by atoms with E-state index in [1.165, 1.54) is 11.1 Å². The van der Waals surface area contributed by atoms with Crippen LogP contribution in [0, 0.1) is 10.5 Å². The molecule has 1 amide bonds. The third-order valence-corrected chi connectivity index (χ3v) is 5.57. The van der Waals surface area contributed by atoms with Crippen molar-refractivity contribution in [2.75, 3.05) is 13.7 Å². The third kappa shape index (κ3) is 2.84. The Morgan fingerprint density at radius 1 is 1.23 bits per heavy atom. The molecule has 0 radical (unpaired) electrons. The molecule has 22 heavy (non-hydrogen) atoms. The number of methoxy groups -OCH3 is 1. The highest BCUT2D eigenvalue weighted by Crippen LogP contribution is 2.26. The predicted molar refractivity (Wildman–Crippen MR) is 95.3 cm³/mol. The number of hydrogen-bond acceptors (Lipinski definition) is 2. The van der Waals surface area contributed by atoms with Gasteiger partial charge in [0.15, 0.2) is 0 Å². The molecule has 0 N–H and O–H groups in total. The summed E-state index contributed by atoms with van der Waals surface area (Å²) in [4.78, 5) is 14.8. The van der Waals surface area contributed by atoms with Crippen LogP contribution in [0.2, 0.25) is 0 Å². The number of rotatable bonds is 2. The number of amides is 1. The predicted octanol–water partition coefficient (Wildman–Crippen LogP) is 3.81. The van der Waals surface area contributed by atoms with E-state index >= 15 is 0 Å². The van der Waals surface area contributed by atoms with Crippen molar-refractivity contribution >= 4 is 28.5 Å². The normalized spacial score (nSPS) is 13.7. The first-order valence-electron chi connectivity index (χ1n) is 7.30. The zero-order valence-corrected chi connectivity index (χ0v) is 14.9. The largest absolute Gasteiger partial charge is 0.497 e. The molecule has 2 aromatic rings. The molecule has 0 aromatic heterocycles. The molecule has 0 fully saturated rings. The zero-order valence-electron chi connectivity index (χ0n) is 12.7. The number of benzene rings is 2. The Balaban J connectivity index is 1.87. The minimum Gasteiger partial charge on any atom is -0.497 e. The SMILES string of the molecule is COc1ccc2c(c1)CN(C(=O)c1cccc(C)c1I)CC2. The van der Waals surface area contributed by atoms with Crippen molar-refractivity contribution in [2.45, 2.75) is 19.9 Å². The molecule has 0 atom stereocenters. The summed E-state index contributed by atoms with van der Waals surface area (Å²) in [5.74, 6) is 0.958. The van der Waals surface area contributed by atoms with Crippen molar-refractivity contribution in [3.63, 3.8) is 0 Å². The van der Waals surface area contributed by atoms with Crippen molar-refractivity contribution in [3.05, 3.63) is 62.2 Å². The molecule has 1 aliphatic rings. The van der Waals surface area contributed by atoms with Crippen LogP contribution in [0.4, 0.5) is 0 Å². The first-order chi connectivity index (χ1) is 10.6. The van der Waals surface area contributed by atoms with Gasteiger partial charge < -0.3 is 9.64 Å². The fourth-order valence-corrected chi connectivity index (χ4v) is 3.41. The lowest BCUT2D eigenvalue weighted by atomic mass is 9.98. The molecule has 3 nitrogen and oxygen atoms in total. The average Bonchev–Trinajstić information content (AvgIpc) is 2.55. The van der Waals surface area contributed by atoms with Crippen LogP contribution in [0.3, 0.4) is 0 Å². The van der Waals surface area contributed by atoms with E-state index < -0.39 is 0 Å². The monoisotopic (exact) mass is 407 g/mol. The van der Waals surface area contributed by atoms with E-state index in [2.05, 4.69) is 28.7 Å². The van der Waals surface area contributed by atoms with E-state index in [1.54, 1.807) is 7.11 Å². The maximum Gasteiger partial charge on any atom is 0.255 e. The van der Waals surface area contributed by atoms with Gasteiger partial charge in [0, 0.05) is 16.7 Å². The van der Waals surface area contributed by atoms with Crippen molar-refractivity contribution in [2.24, 2.45) is 0 Å². The van der Waals surface area contributed by atoms with E-state index in [-0.39, 0.29) is 5.91 Å². The zero-order chi connectivity index (χ0) is 15.7. The highest BCUT2D eigenvalue weighted by molar-refractivity contribution is 14.1. The Morgan fingerprint density at radius 3 is 2.82 bits per heavy atom. The summed E-state index contributed by atoms with van der Waals surface area (Å²) in [6.45, 7) is 3.45. The molecule has 1 heterocycles. The first-order valence-corrected chi connectivity index (χ1v) is 8.38. The highest BCUT2D eigenvalue weighted by atomic mass is 127. The van der Waals surface area contributed by atoms with Crippen LogP contribution in [-0.4, -0.2) is 24.5 Å². The van der Waals surface area contributed by atoms with Crippen molar-refractivity contribution in [3.8, 4) is 5.75 Å². The number of carbonyl (C=O) groups excluding carboxylic acids is 1. The van der Waals surface area contributed by atoms with Gasteiger partial charge in [-0.15, -0.1) is 0 Å². The molecule has 0 bridgehead atoms. The maximum absolute atomic E-state index is 12.8. The Hall–Kier alpha value is -1.56. The second-order valence-electron chi connectivity index (χ2n) is 5.55. The molecule has 0 saturated heterocycles. The van der Waals surface area contributed by atoms with Gasteiger partial charge in [-0.05, 0) is 70.8 Å². The summed E-state index contributed by atoms with van der Waals surface area (Å²) < 4.78 is 6.33. The molecule has 4 heteroatoms. The number of hydrogen-bond donors (Lipinski definition) is 0. The molecule has 0 unspecified atom stereocenters. The summed E-state index contributed by atoms with van der Waals surface area (Å²) in [6, 6.07) is 12.0. The summed E-state index contributed by atoms with van der Waals surface area (Å²) in [5, 5.41) is 0. The third-order valence-electron chi connectivity index (χ3n) is 4.14. The molecule has 0 spiro atoms. The van der Waals surface area contributed by atoms with Crippen LogP contribution < -0.4 is 4.74 Å². The lowest BCUT2D eigenvalue weighted by Crippen LogP contribution is -2.36. The Morgan fingerprint density at radius 2 is 2.05 bits per heavy atom. The van der Waals surface area contributed by atoms with Gasteiger partial charge in [0.25, 0.3) is 5.91 Å². The number of fused-ring (bicyclic) bond motifs is 1. The standard InChI is InChI=1S/C18H18INO2/c1-12-4-3-5-16(17(12)19)18(21)20-9-8-13-6-7-15(22-2)10-14(13)11-20/h3-7,10H,8-9,11H2,1-2H3. The van der Waals surface area contributed by atoms with Gasteiger partial charge in [0.05, 0.1) is 12.7 Å². The lowest BCUT2D eigenvalue weighted by molar-refractivity contribution is 0.0733. The van der Waals surface area contributed by atoms with Crippen LogP contribution in [0.15, 0.2) is 36.4 Å². The van der Waals surface area contributed by atoms with E-state index in [0.717, 1.165) is 33.4 Å². The molecule has 1 aliphatic heterocycles. The number of ether oxygens (including phenoxy) is 1. The van der Waals surface area contributed by atoms with Crippen LogP contribution in [0.1, 0.15) is 27.0 Å². The van der Waals surface area contributed by atoms with Gasteiger partial charge >= 0.3 is 0 Å². The van der Waals surface area contributed by atoms with E-state index in [9.17, 15) is 4.79 Å². The fourth-order valence-electron chi connectivity index (χ4n) is 2.82. The summed E-state index contributed by atoms with van der Waals surface area (Å²) in [7, 11) is 1.67. The van der Waals surface area contributed by atoms with Crippen molar-refractivity contribution in [1.82, 2.24) is 4.90 Å². The maximum atomic E-state index is 12.8. The van der Waals surface area contributed by atoms with E-state index in [4.69, 9.17) is 4.74 Å². The number of carbonyl (C=O) groups is 1. The molecule has 0 aliphatic carbocycles. The average molecular weight is 407 g/mol. The number of halogens is 1. The number of aryl methyl sites for hydroxylation is 1. The Bertz CT molecular complexity index is 727. The summed E-state index contributed by atoms with van der Waals surface area (Å²) in [6.07, 6.45) is 0.896. The molecule has 114 valence electrons. The molecule has 3 rings (SSSR count). The van der Waals surface area contributed by atoms with E-state index in [0.29, 0.717) is 6.54 Å². The lowest BCUT2D eigenvalue weighted by Gasteiger charge is -2.29. The minimum atomic E-state index is 0.113. The molecule has 2 aromatic carbocycles. The fraction of sp³-hybridized carbons (Fsp3) is 0.278. The summed E-state index contributed by atoms with van der Waals surface area (Å²) in [5.41, 5.74) is 4.43. The Kier molecular flexibility index (Phi) is 4.38. The van der Waals surface area contributed by atoms with Gasteiger partial charge in [-0.25, -0.2) is 0 Å². The van der Waals surface area contributed by atoms with E-state index in [1.807, 2.05) is 42.2 Å². The van der Waals surface area contributed by atoms with Gasteiger partial charge in [0.2, 0.25) is 0 Å². The second-order valence-corrected chi connectivity index (χ2v) is 6.63. The summed E-state index contributed by atoms with van der Waals surface area (Å²) >= 11 is 2.26. The van der Waals surface area contributed by atoms with Crippen LogP contribution in [0.5, 0.6) is 5.75 Å². The number of nitrogens with zero attached hydrogens (tertiary/aromatic N) is 1. The quantitative estimate of drug-likeness (QED) is 0.709. The van der Waals surface area contributed by atoms with Crippen LogP contribution in [0.25, 0.3) is 0 Å². The van der Waals surface area contributed by atoms with Gasteiger partial charge in [-0.1, -0.05) is 18.2 Å². The van der Waals surface area contributed by atoms with Gasteiger partial charge in [0.1, 0.15) is 5.75 Å². The smallest absolute Gasteiger partial charge is 0.255 e. The van der Waals surface area contributed by atoms with Crippen LogP contribution in [-0.2, 0) is 13.0 Å². The Labute approximate surface area is 144 Å². The second kappa shape index (κ2) is 6.28. The minimum absolute atomic E-state index is 0.113. The highest BCUT2D eigenvalue weighted by Gasteiger charge is 2.23. The van der Waals surface area contributed by atoms with Gasteiger partial charge in [-0.3, -0.25) is 4.79 Å².